The molecule has 1 rings (SSSR count). The molecule has 1 atom stereocenters. The Kier molecular flexibility index (Phi) is 6.07. The molecule has 0 aliphatic rings. The lowest BCUT2D eigenvalue weighted by molar-refractivity contribution is 0.146. The van der Waals surface area contributed by atoms with Gasteiger partial charge in [-0.25, -0.2) is 0 Å². The highest BCUT2D eigenvalue weighted by Gasteiger charge is 2.17. The van der Waals surface area contributed by atoms with E-state index in [1.807, 2.05) is 0 Å². The van der Waals surface area contributed by atoms with E-state index in [2.05, 4.69) is 78.0 Å². The molecule has 0 radical (unpaired) electrons. The van der Waals surface area contributed by atoms with Gasteiger partial charge in [-0.2, -0.15) is 0 Å². The minimum Gasteiger partial charge on any atom is -0.489 e. The maximum absolute atomic E-state index is 6.13. The summed E-state index contributed by atoms with van der Waals surface area (Å²) in [4.78, 5) is 0. The lowest BCUT2D eigenvalue weighted by Crippen LogP contribution is -2.38. The van der Waals surface area contributed by atoms with E-state index in [4.69, 9.17) is 4.74 Å². The quantitative estimate of drug-likeness (QED) is 0.833. The van der Waals surface area contributed by atoms with E-state index in [-0.39, 0.29) is 11.5 Å². The molecule has 1 aromatic carbocycles. The van der Waals surface area contributed by atoms with Crippen LogP contribution in [0.3, 0.4) is 0 Å². The van der Waals surface area contributed by atoms with Crippen LogP contribution < -0.4 is 10.1 Å². The fourth-order valence-corrected chi connectivity index (χ4v) is 1.97. The smallest absolute Gasteiger partial charge is 0.119 e. The molecular formula is C18H31NO. The van der Waals surface area contributed by atoms with Crippen LogP contribution in [-0.4, -0.2) is 18.7 Å². The van der Waals surface area contributed by atoms with Crippen LogP contribution in [0.4, 0.5) is 0 Å². The van der Waals surface area contributed by atoms with E-state index < -0.39 is 0 Å². The van der Waals surface area contributed by atoms with E-state index in [1.54, 1.807) is 0 Å². The van der Waals surface area contributed by atoms with Gasteiger partial charge in [0.05, 0.1) is 0 Å². The van der Waals surface area contributed by atoms with Crippen molar-refractivity contribution in [2.75, 3.05) is 6.54 Å². The van der Waals surface area contributed by atoms with Crippen LogP contribution >= 0.6 is 0 Å². The van der Waals surface area contributed by atoms with Gasteiger partial charge in [-0.1, -0.05) is 60.6 Å². The zero-order valence-corrected chi connectivity index (χ0v) is 14.2. The Balaban J connectivity index is 2.69. The maximum atomic E-state index is 6.13. The van der Waals surface area contributed by atoms with Crippen molar-refractivity contribution in [3.05, 3.63) is 29.8 Å². The zero-order valence-electron chi connectivity index (χ0n) is 14.2. The van der Waals surface area contributed by atoms with Gasteiger partial charge in [0.2, 0.25) is 0 Å². The van der Waals surface area contributed by atoms with Crippen LogP contribution in [0.15, 0.2) is 24.3 Å². The van der Waals surface area contributed by atoms with Crippen LogP contribution in [0.1, 0.15) is 54.0 Å². The molecule has 1 N–H and O–H groups in total. The zero-order chi connectivity index (χ0) is 15.3. The average molecular weight is 277 g/mol. The van der Waals surface area contributed by atoms with Gasteiger partial charge in [-0.15, -0.1) is 0 Å². The summed E-state index contributed by atoms with van der Waals surface area (Å²) in [7, 11) is 0. The van der Waals surface area contributed by atoms with Crippen LogP contribution in [-0.2, 0) is 5.41 Å². The summed E-state index contributed by atoms with van der Waals surface area (Å²) < 4.78 is 6.13. The van der Waals surface area contributed by atoms with Crippen molar-refractivity contribution in [3.63, 3.8) is 0 Å². The fourth-order valence-electron chi connectivity index (χ4n) is 1.97. The van der Waals surface area contributed by atoms with Crippen molar-refractivity contribution in [1.29, 1.82) is 0 Å². The topological polar surface area (TPSA) is 21.3 Å². The van der Waals surface area contributed by atoms with Crippen molar-refractivity contribution in [3.8, 4) is 5.75 Å². The van der Waals surface area contributed by atoms with Gasteiger partial charge in [0, 0.05) is 12.6 Å². The van der Waals surface area contributed by atoms with Crippen LogP contribution in [0, 0.1) is 5.92 Å². The molecule has 20 heavy (non-hydrogen) atoms. The lowest BCUT2D eigenvalue weighted by atomic mass is 9.87. The molecule has 0 heterocycles. The van der Waals surface area contributed by atoms with Gasteiger partial charge >= 0.3 is 0 Å². The maximum Gasteiger partial charge on any atom is 0.119 e. The van der Waals surface area contributed by atoms with E-state index in [0.29, 0.717) is 12.0 Å². The molecule has 114 valence electrons. The second kappa shape index (κ2) is 7.12. The molecule has 0 aliphatic heterocycles. The van der Waals surface area contributed by atoms with E-state index in [9.17, 15) is 0 Å². The molecule has 0 amide bonds. The van der Waals surface area contributed by atoms with Crippen molar-refractivity contribution in [1.82, 2.24) is 5.32 Å². The first-order chi connectivity index (χ1) is 9.20. The summed E-state index contributed by atoms with van der Waals surface area (Å²) in [6.07, 6.45) is 0.206. The Labute approximate surface area is 124 Å². The number of hydrogen-bond acceptors (Lipinski definition) is 2. The predicted molar refractivity (Wildman–Crippen MR) is 87.5 cm³/mol. The number of ether oxygens (including phenoxy) is 1. The average Bonchev–Trinajstić information content (AvgIpc) is 2.33. The SMILES string of the molecule is CC(C)NCC(Oc1ccc(C(C)(C)C)cc1)C(C)C. The summed E-state index contributed by atoms with van der Waals surface area (Å²) in [5.41, 5.74) is 1.53. The Morgan fingerprint density at radius 2 is 1.55 bits per heavy atom. The third-order valence-electron chi connectivity index (χ3n) is 3.48. The highest BCUT2D eigenvalue weighted by atomic mass is 16.5. The molecule has 0 aliphatic carbocycles. The largest absolute Gasteiger partial charge is 0.489 e. The highest BCUT2D eigenvalue weighted by Crippen LogP contribution is 2.25. The van der Waals surface area contributed by atoms with Crippen molar-refractivity contribution < 1.29 is 4.74 Å². The number of rotatable bonds is 6. The Morgan fingerprint density at radius 1 is 1.00 bits per heavy atom. The molecule has 0 spiro atoms. The molecule has 0 fully saturated rings. The van der Waals surface area contributed by atoms with Gasteiger partial charge in [-0.05, 0) is 29.0 Å². The molecule has 1 aromatic rings. The number of hydrogen-bond donors (Lipinski definition) is 1. The Bertz CT molecular complexity index is 387. The minimum absolute atomic E-state index is 0.190. The van der Waals surface area contributed by atoms with Crippen molar-refractivity contribution >= 4 is 0 Å². The summed E-state index contributed by atoms with van der Waals surface area (Å²) in [6.45, 7) is 16.3. The van der Waals surface area contributed by atoms with Crippen LogP contribution in [0.2, 0.25) is 0 Å². The summed E-state index contributed by atoms with van der Waals surface area (Å²) in [5.74, 6) is 1.45. The Hall–Kier alpha value is -1.02. The monoisotopic (exact) mass is 277 g/mol. The van der Waals surface area contributed by atoms with Crippen LogP contribution in [0.25, 0.3) is 0 Å². The lowest BCUT2D eigenvalue weighted by Gasteiger charge is -2.25. The van der Waals surface area contributed by atoms with Crippen molar-refractivity contribution in [2.24, 2.45) is 5.92 Å². The fraction of sp³-hybridized carbons (Fsp3) is 0.667. The van der Waals surface area contributed by atoms with Crippen LogP contribution in [0.5, 0.6) is 5.75 Å². The van der Waals surface area contributed by atoms with E-state index in [1.165, 1.54) is 5.56 Å². The third kappa shape index (κ3) is 5.54. The van der Waals surface area contributed by atoms with E-state index >= 15 is 0 Å². The highest BCUT2D eigenvalue weighted by molar-refractivity contribution is 5.31. The predicted octanol–water partition coefficient (Wildman–Crippen LogP) is 4.39. The van der Waals surface area contributed by atoms with Gasteiger partial charge in [0.15, 0.2) is 0 Å². The number of nitrogens with one attached hydrogen (secondary N) is 1. The molecule has 0 bridgehead atoms. The first-order valence-corrected chi connectivity index (χ1v) is 7.70. The summed E-state index contributed by atoms with van der Waals surface area (Å²) in [6, 6.07) is 9.00. The number of benzene rings is 1. The standard InChI is InChI=1S/C18H31NO/c1-13(2)17(12-19-14(3)4)20-16-10-8-15(9-11-16)18(5,6)7/h8-11,13-14,17,19H,12H2,1-7H3. The molecular weight excluding hydrogens is 246 g/mol. The third-order valence-corrected chi connectivity index (χ3v) is 3.48. The molecule has 0 saturated carbocycles. The summed E-state index contributed by atoms with van der Waals surface area (Å²) in [5, 5.41) is 3.46. The van der Waals surface area contributed by atoms with E-state index in [0.717, 1.165) is 12.3 Å². The Morgan fingerprint density at radius 3 is 1.95 bits per heavy atom. The molecule has 0 saturated heterocycles. The van der Waals surface area contributed by atoms with Gasteiger partial charge < -0.3 is 10.1 Å². The van der Waals surface area contributed by atoms with Crippen molar-refractivity contribution in [2.45, 2.75) is 66.0 Å². The molecule has 0 aromatic heterocycles. The minimum atomic E-state index is 0.190. The van der Waals surface area contributed by atoms with Gasteiger partial charge in [0.25, 0.3) is 0 Å². The van der Waals surface area contributed by atoms with Gasteiger partial charge in [-0.3, -0.25) is 0 Å². The normalized spacial score (nSPS) is 13.8. The van der Waals surface area contributed by atoms with Gasteiger partial charge in [0.1, 0.15) is 11.9 Å². The first kappa shape index (κ1) is 17.0. The molecule has 2 nitrogen and oxygen atoms in total. The molecule has 1 unspecified atom stereocenters. The second-order valence-corrected chi connectivity index (χ2v) is 7.24. The first-order valence-electron chi connectivity index (χ1n) is 7.70. The molecule has 2 heteroatoms. The second-order valence-electron chi connectivity index (χ2n) is 7.24. The summed E-state index contributed by atoms with van der Waals surface area (Å²) >= 11 is 0.